The van der Waals surface area contributed by atoms with E-state index in [-0.39, 0.29) is 30.6 Å². The Hall–Kier alpha value is -2.77. The molecule has 0 spiro atoms. The number of carbonyl (C=O) groups is 2. The lowest BCUT2D eigenvalue weighted by atomic mass is 10.0. The molecular weight excluding hydrogens is 397 g/mol. The first-order valence-electron chi connectivity index (χ1n) is 10.7. The van der Waals surface area contributed by atoms with Gasteiger partial charge in [0.15, 0.2) is 0 Å². The summed E-state index contributed by atoms with van der Waals surface area (Å²) >= 11 is 0. The van der Waals surface area contributed by atoms with Crippen LogP contribution < -0.4 is 5.32 Å². The smallest absolute Gasteiger partial charge is 0.247 e. The van der Waals surface area contributed by atoms with E-state index in [1.54, 1.807) is 24.0 Å². The van der Waals surface area contributed by atoms with E-state index in [1.165, 1.54) is 12.1 Å². The van der Waals surface area contributed by atoms with Gasteiger partial charge in [-0.25, -0.2) is 4.39 Å². The highest BCUT2D eigenvalue weighted by Gasteiger charge is 2.30. The van der Waals surface area contributed by atoms with Gasteiger partial charge in [0.05, 0.1) is 13.2 Å². The minimum absolute atomic E-state index is 0.137. The van der Waals surface area contributed by atoms with Gasteiger partial charge in [0.25, 0.3) is 0 Å². The molecule has 1 atom stereocenters. The van der Waals surface area contributed by atoms with Crippen molar-refractivity contribution in [1.29, 1.82) is 0 Å². The second kappa shape index (κ2) is 11.6. The first-order valence-corrected chi connectivity index (χ1v) is 10.7. The van der Waals surface area contributed by atoms with Crippen molar-refractivity contribution in [3.8, 4) is 0 Å². The molecule has 7 heteroatoms. The SMILES string of the molecule is CCC(=O)N(Cc1ccc(F)cc1)C(C(=O)NCCN1CCOCC1)c1ccccc1. The van der Waals surface area contributed by atoms with Crippen LogP contribution in [0.1, 0.15) is 30.5 Å². The van der Waals surface area contributed by atoms with Crippen molar-refractivity contribution in [2.45, 2.75) is 25.9 Å². The Balaban J connectivity index is 1.78. The van der Waals surface area contributed by atoms with E-state index in [2.05, 4.69) is 10.2 Å². The monoisotopic (exact) mass is 427 g/mol. The molecule has 0 saturated carbocycles. The van der Waals surface area contributed by atoms with Gasteiger partial charge in [-0.1, -0.05) is 49.4 Å². The average Bonchev–Trinajstić information content (AvgIpc) is 2.81. The number of rotatable bonds is 9. The number of hydrogen-bond acceptors (Lipinski definition) is 4. The molecule has 0 aromatic heterocycles. The fourth-order valence-corrected chi connectivity index (χ4v) is 3.68. The largest absolute Gasteiger partial charge is 0.379 e. The number of amides is 2. The van der Waals surface area contributed by atoms with Gasteiger partial charge in [-0.3, -0.25) is 14.5 Å². The van der Waals surface area contributed by atoms with Gasteiger partial charge in [-0.15, -0.1) is 0 Å². The van der Waals surface area contributed by atoms with Crippen molar-refractivity contribution < 1.29 is 18.7 Å². The minimum Gasteiger partial charge on any atom is -0.379 e. The molecule has 6 nitrogen and oxygen atoms in total. The lowest BCUT2D eigenvalue weighted by Crippen LogP contribution is -2.46. The van der Waals surface area contributed by atoms with Crippen LogP contribution in [0, 0.1) is 5.82 Å². The van der Waals surface area contributed by atoms with Crippen LogP contribution in [0.4, 0.5) is 4.39 Å². The summed E-state index contributed by atoms with van der Waals surface area (Å²) in [6.45, 7) is 6.34. The topological polar surface area (TPSA) is 61.9 Å². The van der Waals surface area contributed by atoms with Crippen LogP contribution in [0.25, 0.3) is 0 Å². The summed E-state index contributed by atoms with van der Waals surface area (Å²) in [5, 5.41) is 3.01. The van der Waals surface area contributed by atoms with Crippen LogP contribution in [-0.2, 0) is 20.9 Å². The van der Waals surface area contributed by atoms with Crippen molar-refractivity contribution in [3.63, 3.8) is 0 Å². The van der Waals surface area contributed by atoms with E-state index in [0.717, 1.165) is 30.8 Å². The van der Waals surface area contributed by atoms with Crippen LogP contribution in [0.3, 0.4) is 0 Å². The second-order valence-corrected chi connectivity index (χ2v) is 7.56. The van der Waals surface area contributed by atoms with Gasteiger partial charge < -0.3 is 15.0 Å². The van der Waals surface area contributed by atoms with Crippen molar-refractivity contribution in [1.82, 2.24) is 15.1 Å². The van der Waals surface area contributed by atoms with Gasteiger partial charge in [0.1, 0.15) is 11.9 Å². The van der Waals surface area contributed by atoms with E-state index >= 15 is 0 Å². The Bertz CT molecular complexity index is 839. The number of morpholine rings is 1. The Morgan fingerprint density at radius 2 is 1.77 bits per heavy atom. The third kappa shape index (κ3) is 6.60. The van der Waals surface area contributed by atoms with Crippen molar-refractivity contribution in [2.24, 2.45) is 0 Å². The molecule has 1 fully saturated rings. The Labute approximate surface area is 183 Å². The number of ether oxygens (including phenoxy) is 1. The molecule has 1 heterocycles. The molecule has 2 aromatic rings. The fourth-order valence-electron chi connectivity index (χ4n) is 3.68. The number of halogens is 1. The Morgan fingerprint density at radius 3 is 2.42 bits per heavy atom. The Morgan fingerprint density at radius 1 is 1.10 bits per heavy atom. The first-order chi connectivity index (χ1) is 15.1. The molecular formula is C24H30FN3O3. The van der Waals surface area contributed by atoms with Crippen LogP contribution in [0.5, 0.6) is 0 Å². The van der Waals surface area contributed by atoms with Crippen LogP contribution >= 0.6 is 0 Å². The van der Waals surface area contributed by atoms with Crippen LogP contribution in [0.2, 0.25) is 0 Å². The summed E-state index contributed by atoms with van der Waals surface area (Å²) in [6.07, 6.45) is 0.269. The summed E-state index contributed by atoms with van der Waals surface area (Å²) in [5.41, 5.74) is 1.51. The molecule has 2 amide bonds. The van der Waals surface area contributed by atoms with Crippen molar-refractivity contribution in [2.75, 3.05) is 39.4 Å². The lowest BCUT2D eigenvalue weighted by molar-refractivity contribution is -0.141. The van der Waals surface area contributed by atoms with Gasteiger partial charge in [0.2, 0.25) is 11.8 Å². The molecule has 1 N–H and O–H groups in total. The number of nitrogens with zero attached hydrogens (tertiary/aromatic N) is 2. The summed E-state index contributed by atoms with van der Waals surface area (Å²) in [4.78, 5) is 30.0. The summed E-state index contributed by atoms with van der Waals surface area (Å²) < 4.78 is 18.7. The van der Waals surface area contributed by atoms with Gasteiger partial charge in [0, 0.05) is 39.1 Å². The van der Waals surface area contributed by atoms with Gasteiger partial charge in [-0.2, -0.15) is 0 Å². The molecule has 3 rings (SSSR count). The number of nitrogens with one attached hydrogen (secondary N) is 1. The van der Waals surface area contributed by atoms with Crippen LogP contribution in [0.15, 0.2) is 54.6 Å². The van der Waals surface area contributed by atoms with E-state index in [4.69, 9.17) is 4.74 Å². The Kier molecular flexibility index (Phi) is 8.55. The van der Waals surface area contributed by atoms with E-state index < -0.39 is 6.04 Å². The van der Waals surface area contributed by atoms with Gasteiger partial charge >= 0.3 is 0 Å². The molecule has 166 valence electrons. The lowest BCUT2D eigenvalue weighted by Gasteiger charge is -2.32. The summed E-state index contributed by atoms with van der Waals surface area (Å²) in [7, 11) is 0. The fraction of sp³-hybridized carbons (Fsp3) is 0.417. The molecule has 1 saturated heterocycles. The third-order valence-corrected chi connectivity index (χ3v) is 5.40. The zero-order valence-electron chi connectivity index (χ0n) is 17.9. The van der Waals surface area contributed by atoms with E-state index in [9.17, 15) is 14.0 Å². The third-order valence-electron chi connectivity index (χ3n) is 5.40. The number of hydrogen-bond donors (Lipinski definition) is 1. The molecule has 31 heavy (non-hydrogen) atoms. The van der Waals surface area contributed by atoms with Crippen LogP contribution in [-0.4, -0.2) is 61.0 Å². The minimum atomic E-state index is -0.761. The van der Waals surface area contributed by atoms with Crippen molar-refractivity contribution >= 4 is 11.8 Å². The molecule has 2 aromatic carbocycles. The highest BCUT2D eigenvalue weighted by Crippen LogP contribution is 2.24. The normalized spacial score (nSPS) is 15.3. The highest BCUT2D eigenvalue weighted by molar-refractivity contribution is 5.88. The molecule has 0 radical (unpaired) electrons. The second-order valence-electron chi connectivity index (χ2n) is 7.56. The standard InChI is InChI=1S/C24H30FN3O3/c1-2-22(29)28(18-19-8-10-21(25)11-9-19)23(20-6-4-3-5-7-20)24(30)26-12-13-27-14-16-31-17-15-27/h3-11,23H,2,12-18H2,1H3,(H,26,30). The maximum Gasteiger partial charge on any atom is 0.247 e. The molecule has 1 aliphatic rings. The molecule has 0 aliphatic carbocycles. The predicted molar refractivity (Wildman–Crippen MR) is 117 cm³/mol. The maximum absolute atomic E-state index is 13.3. The zero-order chi connectivity index (χ0) is 22.1. The van der Waals surface area contributed by atoms with Crippen molar-refractivity contribution in [3.05, 3.63) is 71.5 Å². The number of carbonyl (C=O) groups excluding carboxylic acids is 2. The van der Waals surface area contributed by atoms with Gasteiger partial charge in [-0.05, 0) is 23.3 Å². The quantitative estimate of drug-likeness (QED) is 0.669. The van der Waals surface area contributed by atoms with E-state index in [1.807, 2.05) is 30.3 Å². The summed E-state index contributed by atoms with van der Waals surface area (Å²) in [6, 6.07) is 14.6. The predicted octanol–water partition coefficient (Wildman–Crippen LogP) is 2.75. The van der Waals surface area contributed by atoms with E-state index in [0.29, 0.717) is 19.8 Å². The first kappa shape index (κ1) is 22.9. The zero-order valence-corrected chi connectivity index (χ0v) is 17.9. The highest BCUT2D eigenvalue weighted by atomic mass is 19.1. The maximum atomic E-state index is 13.3. The number of benzene rings is 2. The molecule has 0 bridgehead atoms. The average molecular weight is 428 g/mol. The summed E-state index contributed by atoms with van der Waals surface area (Å²) in [5.74, 6) is -0.692. The molecule has 1 unspecified atom stereocenters. The molecule has 1 aliphatic heterocycles.